The van der Waals surface area contributed by atoms with Crippen LogP contribution in [-0.2, 0) is 9.59 Å². The van der Waals surface area contributed by atoms with E-state index in [1.807, 2.05) is 4.90 Å². The summed E-state index contributed by atoms with van der Waals surface area (Å²) in [5.74, 6) is -1.65. The minimum Gasteiger partial charge on any atom is -0.481 e. The highest BCUT2D eigenvalue weighted by molar-refractivity contribution is 5.96. The first-order valence-electron chi connectivity index (χ1n) is 8.08. The Labute approximate surface area is 149 Å². The second kappa shape index (κ2) is 8.28. The summed E-state index contributed by atoms with van der Waals surface area (Å²) in [5.41, 5.74) is 0.278. The van der Waals surface area contributed by atoms with Crippen LogP contribution in [0.25, 0.3) is 0 Å². The summed E-state index contributed by atoms with van der Waals surface area (Å²) >= 11 is 0. The number of nitrogens with zero attached hydrogens (tertiary/aromatic N) is 3. The number of piperazine rings is 1. The van der Waals surface area contributed by atoms with Gasteiger partial charge in [0.25, 0.3) is 11.6 Å². The maximum atomic E-state index is 12.0. The number of hydrogen-bond donors (Lipinski definition) is 2. The Balaban J connectivity index is 2.14. The summed E-state index contributed by atoms with van der Waals surface area (Å²) in [6.45, 7) is 3.30. The number of carboxylic acids is 1. The van der Waals surface area contributed by atoms with Crippen LogP contribution in [0.4, 0.5) is 11.4 Å². The maximum absolute atomic E-state index is 12.0. The molecule has 0 bridgehead atoms. The molecule has 140 valence electrons. The molecule has 1 aromatic carbocycles. The minimum atomic E-state index is -1.05. The summed E-state index contributed by atoms with van der Waals surface area (Å²) in [4.78, 5) is 48.2. The Morgan fingerprint density at radius 2 is 1.88 bits per heavy atom. The van der Waals surface area contributed by atoms with E-state index in [1.165, 1.54) is 25.1 Å². The lowest BCUT2D eigenvalue weighted by Crippen LogP contribution is -2.48. The van der Waals surface area contributed by atoms with Crippen LogP contribution in [0.2, 0.25) is 0 Å². The molecule has 0 aromatic heterocycles. The standard InChI is InChI=1S/C16H20N4O6/c1-11(21)18-6-8-19(9-7-18)13-3-2-12(10-14(13)20(25)26)16(24)17-5-4-15(22)23/h2-3,10H,4-9H2,1H3,(H,17,24)(H,22,23). The van der Waals surface area contributed by atoms with E-state index in [1.54, 1.807) is 4.90 Å². The molecular formula is C16H20N4O6. The first-order valence-corrected chi connectivity index (χ1v) is 8.08. The van der Waals surface area contributed by atoms with Crippen molar-refractivity contribution in [1.29, 1.82) is 0 Å². The van der Waals surface area contributed by atoms with Crippen LogP contribution in [0.15, 0.2) is 18.2 Å². The molecule has 1 fully saturated rings. The Morgan fingerprint density at radius 3 is 2.42 bits per heavy atom. The monoisotopic (exact) mass is 364 g/mol. The van der Waals surface area contributed by atoms with Gasteiger partial charge in [-0.3, -0.25) is 24.5 Å². The third-order valence-corrected chi connectivity index (χ3v) is 4.12. The van der Waals surface area contributed by atoms with Crippen molar-refractivity contribution in [2.45, 2.75) is 13.3 Å². The van der Waals surface area contributed by atoms with Crippen molar-refractivity contribution >= 4 is 29.2 Å². The van der Waals surface area contributed by atoms with Crippen molar-refractivity contribution in [1.82, 2.24) is 10.2 Å². The van der Waals surface area contributed by atoms with E-state index in [0.717, 1.165) is 0 Å². The molecule has 1 aliphatic heterocycles. The number of nitro benzene ring substituents is 1. The quantitative estimate of drug-likeness (QED) is 0.553. The van der Waals surface area contributed by atoms with Gasteiger partial charge in [-0.15, -0.1) is 0 Å². The van der Waals surface area contributed by atoms with Crippen molar-refractivity contribution in [2.75, 3.05) is 37.6 Å². The molecule has 10 heteroatoms. The number of carbonyl (C=O) groups is 3. The molecule has 1 saturated heterocycles. The first-order chi connectivity index (χ1) is 12.3. The van der Waals surface area contributed by atoms with E-state index < -0.39 is 16.8 Å². The van der Waals surface area contributed by atoms with Gasteiger partial charge in [0.2, 0.25) is 5.91 Å². The van der Waals surface area contributed by atoms with E-state index in [0.29, 0.717) is 31.9 Å². The molecule has 0 radical (unpaired) electrons. The average molecular weight is 364 g/mol. The number of aliphatic carboxylic acids is 1. The number of hydrogen-bond acceptors (Lipinski definition) is 6. The van der Waals surface area contributed by atoms with Crippen molar-refractivity contribution in [3.63, 3.8) is 0 Å². The number of carboxylic acid groups (broad SMARTS) is 1. The molecule has 0 aliphatic carbocycles. The summed E-state index contributed by atoms with van der Waals surface area (Å²) < 4.78 is 0. The number of anilines is 1. The predicted molar refractivity (Wildman–Crippen MR) is 92.1 cm³/mol. The summed E-state index contributed by atoms with van der Waals surface area (Å²) in [5, 5.41) is 22.4. The number of nitrogens with one attached hydrogen (secondary N) is 1. The lowest BCUT2D eigenvalue weighted by atomic mass is 10.1. The van der Waals surface area contributed by atoms with Gasteiger partial charge < -0.3 is 20.2 Å². The highest BCUT2D eigenvalue weighted by atomic mass is 16.6. The number of benzene rings is 1. The van der Waals surface area contributed by atoms with Crippen LogP contribution in [-0.4, -0.2) is 65.4 Å². The zero-order valence-corrected chi connectivity index (χ0v) is 14.3. The molecule has 0 atom stereocenters. The zero-order chi connectivity index (χ0) is 19.3. The van der Waals surface area contributed by atoms with Gasteiger partial charge in [0.15, 0.2) is 0 Å². The second-order valence-corrected chi connectivity index (χ2v) is 5.85. The lowest BCUT2D eigenvalue weighted by Gasteiger charge is -2.35. The van der Waals surface area contributed by atoms with Crippen LogP contribution in [0.3, 0.4) is 0 Å². The van der Waals surface area contributed by atoms with Crippen LogP contribution in [0, 0.1) is 10.1 Å². The van der Waals surface area contributed by atoms with Gasteiger partial charge in [-0.25, -0.2) is 0 Å². The van der Waals surface area contributed by atoms with Gasteiger partial charge in [-0.1, -0.05) is 0 Å². The van der Waals surface area contributed by atoms with E-state index in [-0.39, 0.29) is 30.1 Å². The fraction of sp³-hybridized carbons (Fsp3) is 0.438. The molecule has 2 amide bonds. The summed E-state index contributed by atoms with van der Waals surface area (Å²) in [6.07, 6.45) is -0.230. The maximum Gasteiger partial charge on any atom is 0.305 e. The molecule has 0 saturated carbocycles. The van der Waals surface area contributed by atoms with Gasteiger partial charge in [-0.2, -0.15) is 0 Å². The average Bonchev–Trinajstić information content (AvgIpc) is 2.60. The second-order valence-electron chi connectivity index (χ2n) is 5.85. The predicted octanol–water partition coefficient (Wildman–Crippen LogP) is 0.468. The third-order valence-electron chi connectivity index (χ3n) is 4.12. The Morgan fingerprint density at radius 1 is 1.23 bits per heavy atom. The van der Waals surface area contributed by atoms with Crippen LogP contribution >= 0.6 is 0 Å². The van der Waals surface area contributed by atoms with Gasteiger partial charge in [0.1, 0.15) is 5.69 Å². The largest absolute Gasteiger partial charge is 0.481 e. The van der Waals surface area contributed by atoms with Crippen molar-refractivity contribution in [3.8, 4) is 0 Å². The fourth-order valence-electron chi connectivity index (χ4n) is 2.73. The van der Waals surface area contributed by atoms with Gasteiger partial charge in [-0.05, 0) is 12.1 Å². The number of rotatable bonds is 6. The van der Waals surface area contributed by atoms with E-state index in [4.69, 9.17) is 5.11 Å². The van der Waals surface area contributed by atoms with Crippen LogP contribution in [0.5, 0.6) is 0 Å². The molecule has 2 N–H and O–H groups in total. The highest BCUT2D eigenvalue weighted by Crippen LogP contribution is 2.30. The fourth-order valence-corrected chi connectivity index (χ4v) is 2.73. The summed E-state index contributed by atoms with van der Waals surface area (Å²) in [7, 11) is 0. The Kier molecular flexibility index (Phi) is 6.10. The zero-order valence-electron chi connectivity index (χ0n) is 14.3. The highest BCUT2D eigenvalue weighted by Gasteiger charge is 2.25. The number of carbonyl (C=O) groups excluding carboxylic acids is 2. The molecular weight excluding hydrogens is 344 g/mol. The smallest absolute Gasteiger partial charge is 0.305 e. The van der Waals surface area contributed by atoms with Crippen molar-refractivity contribution in [2.24, 2.45) is 0 Å². The van der Waals surface area contributed by atoms with Crippen molar-refractivity contribution in [3.05, 3.63) is 33.9 Å². The molecule has 10 nitrogen and oxygen atoms in total. The van der Waals surface area contributed by atoms with Gasteiger partial charge in [0.05, 0.1) is 11.3 Å². The van der Waals surface area contributed by atoms with Gasteiger partial charge >= 0.3 is 5.97 Å². The van der Waals surface area contributed by atoms with Crippen LogP contribution < -0.4 is 10.2 Å². The Bertz CT molecular complexity index is 727. The van der Waals surface area contributed by atoms with E-state index in [9.17, 15) is 24.5 Å². The summed E-state index contributed by atoms with van der Waals surface area (Å²) in [6, 6.07) is 4.16. The normalized spacial score (nSPS) is 14.0. The topological polar surface area (TPSA) is 133 Å². The molecule has 0 unspecified atom stereocenters. The third kappa shape index (κ3) is 4.68. The van der Waals surface area contributed by atoms with Crippen LogP contribution in [0.1, 0.15) is 23.7 Å². The van der Waals surface area contributed by atoms with Gasteiger partial charge in [0, 0.05) is 51.3 Å². The van der Waals surface area contributed by atoms with Crippen molar-refractivity contribution < 1.29 is 24.4 Å². The molecule has 1 aliphatic rings. The molecule has 0 spiro atoms. The Hall–Kier alpha value is -3.17. The lowest BCUT2D eigenvalue weighted by molar-refractivity contribution is -0.384. The SMILES string of the molecule is CC(=O)N1CCN(c2ccc(C(=O)NCCC(=O)O)cc2[N+](=O)[O-])CC1. The molecule has 1 aromatic rings. The minimum absolute atomic E-state index is 0.0347. The molecule has 2 rings (SSSR count). The molecule has 1 heterocycles. The molecule has 26 heavy (non-hydrogen) atoms. The van der Waals surface area contributed by atoms with E-state index >= 15 is 0 Å². The number of nitro groups is 1. The van der Waals surface area contributed by atoms with E-state index in [2.05, 4.69) is 5.32 Å². The number of amides is 2. The first kappa shape index (κ1) is 19.2.